The molecule has 2 fully saturated rings. The van der Waals surface area contributed by atoms with Gasteiger partial charge in [-0.3, -0.25) is 9.69 Å². The second-order valence-corrected chi connectivity index (χ2v) is 8.91. The molecule has 1 aliphatic heterocycles. The third kappa shape index (κ3) is 8.72. The first kappa shape index (κ1) is 28.4. The van der Waals surface area contributed by atoms with Crippen molar-refractivity contribution in [1.82, 2.24) is 19.8 Å². The highest BCUT2D eigenvalue weighted by atomic mass is 19.4. The number of likely N-dealkylation sites (tertiary alicyclic amines) is 1. The Labute approximate surface area is 212 Å². The highest BCUT2D eigenvalue weighted by molar-refractivity contribution is 5.84. The van der Waals surface area contributed by atoms with Crippen molar-refractivity contribution in [2.45, 2.75) is 19.8 Å². The maximum absolute atomic E-state index is 12.3. The second-order valence-electron chi connectivity index (χ2n) is 8.91. The number of piperidine rings is 1. The summed E-state index contributed by atoms with van der Waals surface area (Å²) in [5.41, 5.74) is 0.804. The van der Waals surface area contributed by atoms with E-state index in [4.69, 9.17) is 10.2 Å². The second kappa shape index (κ2) is 12.9. The molecule has 0 bridgehead atoms. The number of benzene rings is 1. The number of carboxylic acid groups (broad SMARTS) is 1. The highest BCUT2D eigenvalue weighted by Gasteiger charge is 2.53. The number of aliphatic hydroxyl groups excluding tert-OH is 1. The molecule has 1 amide bonds. The first-order valence-electron chi connectivity index (χ1n) is 11.9. The zero-order valence-electron chi connectivity index (χ0n) is 20.4. The number of carboxylic acids is 1. The first-order valence-corrected chi connectivity index (χ1v) is 11.9. The number of carbonyl (C=O) groups excluding carboxylic acids is 1. The Hall–Kier alpha value is -3.16. The number of ether oxygens (including phenoxy) is 1. The molecule has 2 aliphatic rings. The molecule has 2 unspecified atom stereocenters. The molecule has 2 atom stereocenters. The molecule has 1 aromatic heterocycles. The lowest BCUT2D eigenvalue weighted by atomic mass is 10.2. The fraction of sp³-hybridized carbons (Fsp3) is 0.542. The van der Waals surface area contributed by atoms with E-state index in [0.717, 1.165) is 13.1 Å². The Morgan fingerprint density at radius 1 is 1.30 bits per heavy atom. The molecule has 1 saturated heterocycles. The summed E-state index contributed by atoms with van der Waals surface area (Å²) in [4.78, 5) is 32.0. The number of hydrogen-bond donors (Lipinski definition) is 3. The standard InChI is InChI=1S/C20H27F3N3O3.C4H4N2O2/c1-2-26(6-7-27)19(28)13-25-11-17-16(18(17)12-25)10-24-9-14-4-3-5-15(8-14)29-20(21,22)23;7-4(8)3-1-5-2-6-3/h3-5,8,16-18,27H,2,6-7,9-13H2,1H3;1-2H,(H,5,6)(H,7,8)/q-1;. The Kier molecular flexibility index (Phi) is 9.89. The predicted octanol–water partition coefficient (Wildman–Crippen LogP) is 2.59. The summed E-state index contributed by atoms with van der Waals surface area (Å²) in [5, 5.41) is 21.7. The number of amides is 1. The number of likely N-dealkylation sites (N-methyl/N-ethyl adjacent to an activating group) is 1. The molecule has 1 saturated carbocycles. The molecule has 1 aromatic carbocycles. The van der Waals surface area contributed by atoms with Crippen LogP contribution in [0.2, 0.25) is 0 Å². The van der Waals surface area contributed by atoms with Crippen LogP contribution in [0.4, 0.5) is 13.2 Å². The molecule has 0 spiro atoms. The van der Waals surface area contributed by atoms with Crippen LogP contribution in [0.1, 0.15) is 23.0 Å². The number of hydrogen-bond acceptors (Lipinski definition) is 6. The number of aliphatic hydroxyl groups is 1. The van der Waals surface area contributed by atoms with Gasteiger partial charge in [-0.25, -0.2) is 9.78 Å². The quantitative estimate of drug-likeness (QED) is 0.410. The normalized spacial score (nSPS) is 20.5. The molecule has 2 aromatic rings. The molecule has 0 radical (unpaired) electrons. The van der Waals surface area contributed by atoms with Crippen molar-refractivity contribution in [3.8, 4) is 5.75 Å². The van der Waals surface area contributed by atoms with Gasteiger partial charge in [0, 0.05) is 26.2 Å². The Bertz CT molecular complexity index is 1010. The summed E-state index contributed by atoms with van der Waals surface area (Å²) in [6.07, 6.45) is -2.12. The van der Waals surface area contributed by atoms with Crippen molar-refractivity contribution in [2.24, 2.45) is 17.8 Å². The van der Waals surface area contributed by atoms with Crippen molar-refractivity contribution < 1.29 is 37.7 Å². The van der Waals surface area contributed by atoms with E-state index in [1.807, 2.05) is 6.92 Å². The zero-order chi connectivity index (χ0) is 27.0. The van der Waals surface area contributed by atoms with Gasteiger partial charge in [0.05, 0.1) is 25.7 Å². The SMILES string of the molecule is CCN(CCO)C(=O)CN1CC2C(C[N-]Cc3cccc(OC(F)(F)F)c3)C2C1.O=C(O)c1cnc[nH]1. The fourth-order valence-electron chi connectivity index (χ4n) is 4.56. The molecular weight excluding hydrogens is 495 g/mol. The van der Waals surface area contributed by atoms with Crippen LogP contribution in [0.15, 0.2) is 36.8 Å². The molecule has 2 heterocycles. The van der Waals surface area contributed by atoms with Gasteiger partial charge in [-0.2, -0.15) is 0 Å². The van der Waals surface area contributed by atoms with Crippen molar-refractivity contribution >= 4 is 11.9 Å². The number of aromatic amines is 1. The summed E-state index contributed by atoms with van der Waals surface area (Å²) >= 11 is 0. The number of carbonyl (C=O) groups is 2. The van der Waals surface area contributed by atoms with Crippen molar-refractivity contribution in [1.29, 1.82) is 0 Å². The van der Waals surface area contributed by atoms with E-state index in [-0.39, 0.29) is 24.0 Å². The lowest BCUT2D eigenvalue weighted by Crippen LogP contribution is -2.41. The maximum atomic E-state index is 12.3. The summed E-state index contributed by atoms with van der Waals surface area (Å²) in [7, 11) is 0. The molecule has 10 nitrogen and oxygen atoms in total. The van der Waals surface area contributed by atoms with Crippen LogP contribution in [0.5, 0.6) is 5.75 Å². The number of aromatic carboxylic acids is 1. The average molecular weight is 527 g/mol. The van der Waals surface area contributed by atoms with E-state index >= 15 is 0 Å². The number of H-pyrrole nitrogens is 1. The Morgan fingerprint density at radius 2 is 2.03 bits per heavy atom. The van der Waals surface area contributed by atoms with Gasteiger partial charge in [-0.05, 0) is 30.9 Å². The number of aromatic nitrogens is 2. The van der Waals surface area contributed by atoms with Crippen LogP contribution in [0.3, 0.4) is 0 Å². The van der Waals surface area contributed by atoms with E-state index in [9.17, 15) is 22.8 Å². The van der Waals surface area contributed by atoms with Crippen molar-refractivity contribution in [2.75, 3.05) is 45.9 Å². The van der Waals surface area contributed by atoms with Gasteiger partial charge >= 0.3 is 12.3 Å². The summed E-state index contributed by atoms with van der Waals surface area (Å²) < 4.78 is 40.8. The minimum Gasteiger partial charge on any atom is -0.658 e. The minimum absolute atomic E-state index is 0.0281. The number of nitrogens with one attached hydrogen (secondary N) is 1. The molecule has 204 valence electrons. The van der Waals surface area contributed by atoms with E-state index in [0.29, 0.717) is 56.0 Å². The van der Waals surface area contributed by atoms with Gasteiger partial charge < -0.3 is 30.2 Å². The number of alkyl halides is 3. The summed E-state index contributed by atoms with van der Waals surface area (Å²) in [6, 6.07) is 5.91. The van der Waals surface area contributed by atoms with Gasteiger partial charge in [0.15, 0.2) is 0 Å². The molecule has 3 N–H and O–H groups in total. The molecular formula is C24H31F3N5O5-. The van der Waals surface area contributed by atoms with E-state index in [1.165, 1.54) is 30.7 Å². The summed E-state index contributed by atoms with van der Waals surface area (Å²) in [5.74, 6) is 0.415. The third-order valence-corrected chi connectivity index (χ3v) is 6.41. The number of rotatable bonds is 11. The lowest BCUT2D eigenvalue weighted by Gasteiger charge is -2.26. The topological polar surface area (TPSA) is 133 Å². The van der Waals surface area contributed by atoms with Crippen LogP contribution in [-0.2, 0) is 11.3 Å². The minimum atomic E-state index is -4.69. The monoisotopic (exact) mass is 526 g/mol. The third-order valence-electron chi connectivity index (χ3n) is 6.41. The number of nitrogens with zero attached hydrogens (tertiary/aromatic N) is 4. The predicted molar refractivity (Wildman–Crippen MR) is 127 cm³/mol. The Morgan fingerprint density at radius 3 is 2.57 bits per heavy atom. The molecule has 13 heteroatoms. The molecule has 1 aliphatic carbocycles. The van der Waals surface area contributed by atoms with E-state index in [1.54, 1.807) is 11.0 Å². The van der Waals surface area contributed by atoms with Crippen LogP contribution in [-0.4, -0.2) is 94.1 Å². The van der Waals surface area contributed by atoms with Crippen molar-refractivity contribution in [3.05, 3.63) is 53.4 Å². The van der Waals surface area contributed by atoms with E-state index < -0.39 is 12.3 Å². The number of fused-ring (bicyclic) bond motifs is 1. The number of halogens is 3. The average Bonchev–Trinajstić information content (AvgIpc) is 3.21. The number of imidazole rings is 1. The lowest BCUT2D eigenvalue weighted by molar-refractivity contribution is -0.274. The van der Waals surface area contributed by atoms with Crippen molar-refractivity contribution in [3.63, 3.8) is 0 Å². The first-order chi connectivity index (χ1) is 17.6. The van der Waals surface area contributed by atoms with Gasteiger partial charge in [0.25, 0.3) is 0 Å². The van der Waals surface area contributed by atoms with Crippen LogP contribution < -0.4 is 4.74 Å². The Balaban J connectivity index is 0.000000405. The largest absolute Gasteiger partial charge is 0.658 e. The van der Waals surface area contributed by atoms with Crippen LogP contribution in [0, 0.1) is 17.8 Å². The van der Waals surface area contributed by atoms with Gasteiger partial charge in [-0.1, -0.05) is 23.6 Å². The fourth-order valence-corrected chi connectivity index (χ4v) is 4.56. The van der Waals surface area contributed by atoms with Crippen LogP contribution >= 0.6 is 0 Å². The molecule has 4 rings (SSSR count). The van der Waals surface area contributed by atoms with Crippen LogP contribution in [0.25, 0.3) is 5.32 Å². The molecule has 37 heavy (non-hydrogen) atoms. The van der Waals surface area contributed by atoms with Gasteiger partial charge in [0.1, 0.15) is 11.4 Å². The van der Waals surface area contributed by atoms with Gasteiger partial charge in [-0.15, -0.1) is 26.3 Å². The highest BCUT2D eigenvalue weighted by Crippen LogP contribution is 2.52. The zero-order valence-corrected chi connectivity index (χ0v) is 20.4. The summed E-state index contributed by atoms with van der Waals surface area (Å²) in [6.45, 7) is 6.02. The smallest absolute Gasteiger partial charge is 0.573 e. The van der Waals surface area contributed by atoms with E-state index in [2.05, 4.69) is 24.9 Å². The maximum Gasteiger partial charge on any atom is 0.573 e. The van der Waals surface area contributed by atoms with Gasteiger partial charge in [0.2, 0.25) is 5.91 Å².